The summed E-state index contributed by atoms with van der Waals surface area (Å²) in [5.41, 5.74) is 3.98. The Morgan fingerprint density at radius 3 is 2.28 bits per heavy atom. The molecule has 1 aromatic rings. The van der Waals surface area contributed by atoms with Crippen LogP contribution in [0.3, 0.4) is 0 Å². The number of nitrogens with zero attached hydrogens (tertiary/aromatic N) is 1. The molecule has 0 aliphatic carbocycles. The van der Waals surface area contributed by atoms with E-state index in [1.54, 1.807) is 0 Å². The third-order valence-corrected chi connectivity index (χ3v) is 2.19. The van der Waals surface area contributed by atoms with Crippen molar-refractivity contribution in [1.29, 1.82) is 0 Å². The number of methoxy groups -OCH3 is 2. The SMILES string of the molecule is COC(=O)c1cc(C(N)=O)c([N+](=O)[O-])cc1OC. The van der Waals surface area contributed by atoms with Crippen molar-refractivity contribution in [2.75, 3.05) is 14.2 Å². The highest BCUT2D eigenvalue weighted by molar-refractivity contribution is 6.01. The molecule has 0 bridgehead atoms. The van der Waals surface area contributed by atoms with Gasteiger partial charge in [0.2, 0.25) is 0 Å². The van der Waals surface area contributed by atoms with Crippen LogP contribution >= 0.6 is 0 Å². The first-order chi connectivity index (χ1) is 8.42. The van der Waals surface area contributed by atoms with Crippen molar-refractivity contribution in [3.63, 3.8) is 0 Å². The minimum atomic E-state index is -1.02. The molecule has 18 heavy (non-hydrogen) atoms. The van der Waals surface area contributed by atoms with Gasteiger partial charge in [-0.15, -0.1) is 0 Å². The molecule has 0 saturated carbocycles. The lowest BCUT2D eigenvalue weighted by Gasteiger charge is -2.08. The number of amides is 1. The summed E-state index contributed by atoms with van der Waals surface area (Å²) in [6, 6.07) is 1.93. The number of nitrogens with two attached hydrogens (primary N) is 1. The summed E-state index contributed by atoms with van der Waals surface area (Å²) in [7, 11) is 2.36. The van der Waals surface area contributed by atoms with Gasteiger partial charge in [-0.2, -0.15) is 0 Å². The number of benzene rings is 1. The third kappa shape index (κ3) is 2.37. The van der Waals surface area contributed by atoms with E-state index in [1.807, 2.05) is 0 Å². The molecule has 1 aromatic carbocycles. The molecule has 0 fully saturated rings. The molecule has 2 N–H and O–H groups in total. The van der Waals surface area contributed by atoms with Crippen molar-refractivity contribution in [3.8, 4) is 5.75 Å². The van der Waals surface area contributed by atoms with Crippen LogP contribution in [0.2, 0.25) is 0 Å². The molecule has 0 radical (unpaired) electrons. The van der Waals surface area contributed by atoms with Crippen LogP contribution in [0.25, 0.3) is 0 Å². The molecule has 1 rings (SSSR count). The third-order valence-electron chi connectivity index (χ3n) is 2.19. The second kappa shape index (κ2) is 5.13. The highest BCUT2D eigenvalue weighted by Crippen LogP contribution is 2.29. The number of ether oxygens (including phenoxy) is 2. The second-order valence-electron chi connectivity index (χ2n) is 3.18. The molecule has 0 spiro atoms. The standard InChI is InChI=1S/C10H10N2O6/c1-17-8-4-7(12(15)16)5(9(11)13)3-6(8)10(14)18-2/h3-4H,1-2H3,(H2,11,13). The van der Waals surface area contributed by atoms with E-state index in [2.05, 4.69) is 4.74 Å². The van der Waals surface area contributed by atoms with Crippen LogP contribution in [0, 0.1) is 10.1 Å². The van der Waals surface area contributed by atoms with Gasteiger partial charge in [-0.1, -0.05) is 0 Å². The monoisotopic (exact) mass is 254 g/mol. The van der Waals surface area contributed by atoms with E-state index < -0.39 is 22.5 Å². The summed E-state index contributed by atoms with van der Waals surface area (Å²) in [5, 5.41) is 10.8. The Bertz CT molecular complexity index is 525. The fourth-order valence-electron chi connectivity index (χ4n) is 1.36. The normalized spacial score (nSPS) is 9.67. The number of carbonyl (C=O) groups excluding carboxylic acids is 2. The number of primary amides is 1. The predicted octanol–water partition coefficient (Wildman–Crippen LogP) is 0.489. The van der Waals surface area contributed by atoms with Gasteiger partial charge in [0.15, 0.2) is 0 Å². The van der Waals surface area contributed by atoms with Gasteiger partial charge in [0.1, 0.15) is 16.9 Å². The number of rotatable bonds is 4. The molecule has 0 aliphatic heterocycles. The summed E-state index contributed by atoms with van der Waals surface area (Å²) < 4.78 is 9.31. The maximum Gasteiger partial charge on any atom is 0.341 e. The minimum Gasteiger partial charge on any atom is -0.496 e. The zero-order valence-corrected chi connectivity index (χ0v) is 9.63. The number of carbonyl (C=O) groups is 2. The molecule has 0 aromatic heterocycles. The Balaban J connectivity index is 3.56. The van der Waals surface area contributed by atoms with Crippen molar-refractivity contribution < 1.29 is 24.0 Å². The molecule has 0 unspecified atom stereocenters. The zero-order valence-electron chi connectivity index (χ0n) is 9.63. The van der Waals surface area contributed by atoms with Crippen molar-refractivity contribution in [1.82, 2.24) is 0 Å². The Labute approximate surface area is 101 Å². The molecule has 1 amide bonds. The summed E-state index contributed by atoms with van der Waals surface area (Å²) in [6.45, 7) is 0. The largest absolute Gasteiger partial charge is 0.496 e. The lowest BCUT2D eigenvalue weighted by atomic mass is 10.1. The number of hydrogen-bond donors (Lipinski definition) is 1. The van der Waals surface area contributed by atoms with Gasteiger partial charge in [-0.3, -0.25) is 14.9 Å². The average Bonchev–Trinajstić information content (AvgIpc) is 2.35. The second-order valence-corrected chi connectivity index (χ2v) is 3.18. The van der Waals surface area contributed by atoms with E-state index >= 15 is 0 Å². The summed E-state index contributed by atoms with van der Waals surface area (Å²) in [4.78, 5) is 32.5. The van der Waals surface area contributed by atoms with E-state index in [9.17, 15) is 19.7 Å². The molecular weight excluding hydrogens is 244 g/mol. The van der Waals surface area contributed by atoms with E-state index in [0.717, 1.165) is 19.2 Å². The first-order valence-electron chi connectivity index (χ1n) is 4.67. The highest BCUT2D eigenvalue weighted by Gasteiger charge is 2.25. The highest BCUT2D eigenvalue weighted by atomic mass is 16.6. The van der Waals surface area contributed by atoms with E-state index in [0.29, 0.717) is 0 Å². The molecule has 0 heterocycles. The van der Waals surface area contributed by atoms with Gasteiger partial charge in [0.25, 0.3) is 11.6 Å². The van der Waals surface area contributed by atoms with Crippen molar-refractivity contribution in [2.45, 2.75) is 0 Å². The van der Waals surface area contributed by atoms with Crippen LogP contribution in [-0.4, -0.2) is 31.0 Å². The fourth-order valence-corrected chi connectivity index (χ4v) is 1.36. The van der Waals surface area contributed by atoms with Gasteiger partial charge >= 0.3 is 5.97 Å². The Morgan fingerprint density at radius 2 is 1.89 bits per heavy atom. The van der Waals surface area contributed by atoms with Crippen LogP contribution in [-0.2, 0) is 4.74 Å². The lowest BCUT2D eigenvalue weighted by molar-refractivity contribution is -0.385. The van der Waals surface area contributed by atoms with Gasteiger partial charge < -0.3 is 15.2 Å². The summed E-state index contributed by atoms with van der Waals surface area (Å²) in [5.74, 6) is -1.88. The number of esters is 1. The van der Waals surface area contributed by atoms with Crippen LogP contribution in [0.4, 0.5) is 5.69 Å². The van der Waals surface area contributed by atoms with E-state index in [-0.39, 0.29) is 16.9 Å². The molecule has 8 heteroatoms. The number of hydrogen-bond acceptors (Lipinski definition) is 6. The fraction of sp³-hybridized carbons (Fsp3) is 0.200. The topological polar surface area (TPSA) is 122 Å². The molecule has 96 valence electrons. The van der Waals surface area contributed by atoms with E-state index in [4.69, 9.17) is 10.5 Å². The maximum absolute atomic E-state index is 11.4. The van der Waals surface area contributed by atoms with Gasteiger partial charge in [0.05, 0.1) is 25.2 Å². The van der Waals surface area contributed by atoms with E-state index in [1.165, 1.54) is 7.11 Å². The Hall–Kier alpha value is -2.64. The maximum atomic E-state index is 11.4. The minimum absolute atomic E-state index is 0.0708. The van der Waals surface area contributed by atoms with Crippen LogP contribution in [0.5, 0.6) is 5.75 Å². The average molecular weight is 254 g/mol. The van der Waals surface area contributed by atoms with Crippen LogP contribution < -0.4 is 10.5 Å². The Morgan fingerprint density at radius 1 is 1.28 bits per heavy atom. The first-order valence-corrected chi connectivity index (χ1v) is 4.67. The number of nitro groups is 1. The molecular formula is C10H10N2O6. The van der Waals surface area contributed by atoms with Crippen LogP contribution in [0.15, 0.2) is 12.1 Å². The first kappa shape index (κ1) is 13.4. The zero-order chi connectivity index (χ0) is 13.9. The van der Waals surface area contributed by atoms with Crippen LogP contribution in [0.1, 0.15) is 20.7 Å². The summed E-state index contributed by atoms with van der Waals surface area (Å²) in [6.07, 6.45) is 0. The van der Waals surface area contributed by atoms with Crippen molar-refractivity contribution in [3.05, 3.63) is 33.4 Å². The molecule has 8 nitrogen and oxygen atoms in total. The van der Waals surface area contributed by atoms with Crippen molar-refractivity contribution in [2.24, 2.45) is 5.73 Å². The Kier molecular flexibility index (Phi) is 3.82. The molecule has 0 atom stereocenters. The summed E-state index contributed by atoms with van der Waals surface area (Å²) >= 11 is 0. The van der Waals surface area contributed by atoms with Gasteiger partial charge in [-0.05, 0) is 6.07 Å². The van der Waals surface area contributed by atoms with Crippen molar-refractivity contribution >= 4 is 17.6 Å². The molecule has 0 saturated heterocycles. The lowest BCUT2D eigenvalue weighted by Crippen LogP contribution is -2.15. The quantitative estimate of drug-likeness (QED) is 0.474. The van der Waals surface area contributed by atoms with Gasteiger partial charge in [-0.25, -0.2) is 4.79 Å². The van der Waals surface area contributed by atoms with Gasteiger partial charge in [0, 0.05) is 0 Å². The number of nitro benzene ring substituents is 1. The molecule has 0 aliphatic rings. The predicted molar refractivity (Wildman–Crippen MR) is 59.5 cm³/mol. The smallest absolute Gasteiger partial charge is 0.341 e.